The fourth-order valence-electron chi connectivity index (χ4n) is 2.54. The lowest BCUT2D eigenvalue weighted by molar-refractivity contribution is -0.137. The van der Waals surface area contributed by atoms with Crippen molar-refractivity contribution in [2.45, 2.75) is 6.18 Å². The fourth-order valence-corrected chi connectivity index (χ4v) is 2.54. The number of hydrogen-bond acceptors (Lipinski definition) is 3. The molecule has 5 nitrogen and oxygen atoms in total. The molecule has 0 fully saturated rings. The molecular formula is C21H18F3N3O2. The van der Waals surface area contributed by atoms with E-state index in [0.29, 0.717) is 5.69 Å². The summed E-state index contributed by atoms with van der Waals surface area (Å²) in [5.41, 5.74) is 1.39. The van der Waals surface area contributed by atoms with Gasteiger partial charge in [-0.15, -0.1) is 0 Å². The summed E-state index contributed by atoms with van der Waals surface area (Å²) in [5, 5.41) is 8.18. The topological polar surface area (TPSA) is 62.4 Å². The number of urea groups is 1. The zero-order valence-electron chi connectivity index (χ0n) is 15.4. The average molecular weight is 401 g/mol. The summed E-state index contributed by atoms with van der Waals surface area (Å²) in [4.78, 5) is 12.0. The Morgan fingerprint density at radius 1 is 0.793 bits per heavy atom. The quantitative estimate of drug-likeness (QED) is 0.484. The molecule has 0 radical (unpaired) electrons. The minimum Gasteiger partial charge on any atom is -0.497 e. The molecule has 0 aliphatic carbocycles. The van der Waals surface area contributed by atoms with Gasteiger partial charge >= 0.3 is 12.2 Å². The van der Waals surface area contributed by atoms with Crippen LogP contribution in [0.2, 0.25) is 0 Å². The van der Waals surface area contributed by atoms with Gasteiger partial charge in [0.05, 0.1) is 12.7 Å². The molecule has 0 aliphatic heterocycles. The largest absolute Gasteiger partial charge is 0.497 e. The first-order chi connectivity index (χ1) is 13.8. The van der Waals surface area contributed by atoms with Crippen LogP contribution in [0.4, 0.5) is 40.7 Å². The van der Waals surface area contributed by atoms with Gasteiger partial charge in [-0.1, -0.05) is 6.07 Å². The van der Waals surface area contributed by atoms with Gasteiger partial charge in [0.2, 0.25) is 0 Å². The van der Waals surface area contributed by atoms with Gasteiger partial charge in [-0.3, -0.25) is 0 Å². The Balaban J connectivity index is 1.58. The number of hydrogen-bond donors (Lipinski definition) is 3. The van der Waals surface area contributed by atoms with Crippen molar-refractivity contribution in [1.82, 2.24) is 0 Å². The first-order valence-electron chi connectivity index (χ1n) is 8.60. The highest BCUT2D eigenvalue weighted by Gasteiger charge is 2.30. The number of nitrogens with one attached hydrogen (secondary N) is 3. The van der Waals surface area contributed by atoms with E-state index < -0.39 is 17.8 Å². The average Bonchev–Trinajstić information content (AvgIpc) is 2.69. The van der Waals surface area contributed by atoms with Crippen molar-refractivity contribution in [2.24, 2.45) is 0 Å². The van der Waals surface area contributed by atoms with Gasteiger partial charge in [0.25, 0.3) is 0 Å². The molecule has 29 heavy (non-hydrogen) atoms. The number of alkyl halides is 3. The molecule has 0 aromatic heterocycles. The minimum atomic E-state index is -4.47. The lowest BCUT2D eigenvalue weighted by atomic mass is 10.2. The number of halogens is 3. The summed E-state index contributed by atoms with van der Waals surface area (Å²) >= 11 is 0. The number of carbonyl (C=O) groups excluding carboxylic acids is 1. The van der Waals surface area contributed by atoms with E-state index >= 15 is 0 Å². The fraction of sp³-hybridized carbons (Fsp3) is 0.0952. The molecule has 3 aromatic carbocycles. The summed E-state index contributed by atoms with van der Waals surface area (Å²) in [6, 6.07) is 18.1. The van der Waals surface area contributed by atoms with Crippen LogP contribution in [0.3, 0.4) is 0 Å². The molecule has 2 amide bonds. The van der Waals surface area contributed by atoms with Crippen molar-refractivity contribution in [3.63, 3.8) is 0 Å². The normalized spacial score (nSPS) is 10.9. The molecule has 8 heteroatoms. The van der Waals surface area contributed by atoms with E-state index in [2.05, 4.69) is 16.0 Å². The van der Waals surface area contributed by atoms with E-state index in [0.717, 1.165) is 29.3 Å². The van der Waals surface area contributed by atoms with Gasteiger partial charge in [0.1, 0.15) is 5.75 Å². The van der Waals surface area contributed by atoms with Crippen LogP contribution in [-0.2, 0) is 6.18 Å². The Kier molecular flexibility index (Phi) is 5.92. The van der Waals surface area contributed by atoms with Gasteiger partial charge in [-0.2, -0.15) is 13.2 Å². The number of carbonyl (C=O) groups is 1. The molecule has 0 unspecified atom stereocenters. The van der Waals surface area contributed by atoms with E-state index in [4.69, 9.17) is 4.74 Å². The molecule has 0 saturated carbocycles. The summed E-state index contributed by atoms with van der Waals surface area (Å²) < 4.78 is 43.3. The molecule has 3 rings (SSSR count). The van der Waals surface area contributed by atoms with Crippen LogP contribution >= 0.6 is 0 Å². The minimum absolute atomic E-state index is 0.0510. The third-order valence-electron chi connectivity index (χ3n) is 3.97. The predicted octanol–water partition coefficient (Wildman–Crippen LogP) is 6.10. The van der Waals surface area contributed by atoms with Gasteiger partial charge in [0.15, 0.2) is 0 Å². The predicted molar refractivity (Wildman–Crippen MR) is 107 cm³/mol. The second-order valence-electron chi connectivity index (χ2n) is 6.09. The van der Waals surface area contributed by atoms with Crippen LogP contribution in [-0.4, -0.2) is 13.1 Å². The van der Waals surface area contributed by atoms with E-state index in [-0.39, 0.29) is 5.69 Å². The van der Waals surface area contributed by atoms with E-state index in [1.54, 1.807) is 31.4 Å². The van der Waals surface area contributed by atoms with Crippen molar-refractivity contribution in [3.05, 3.63) is 78.4 Å². The number of rotatable bonds is 5. The maximum atomic E-state index is 12.7. The first-order valence-corrected chi connectivity index (χ1v) is 8.60. The Morgan fingerprint density at radius 3 is 1.93 bits per heavy atom. The summed E-state index contributed by atoms with van der Waals surface area (Å²) in [6.07, 6.45) is -4.47. The Morgan fingerprint density at radius 2 is 1.34 bits per heavy atom. The van der Waals surface area contributed by atoms with Crippen LogP contribution in [0.15, 0.2) is 72.8 Å². The lowest BCUT2D eigenvalue weighted by Crippen LogP contribution is -2.19. The Bertz CT molecular complexity index is 972. The molecule has 150 valence electrons. The highest BCUT2D eigenvalue weighted by molar-refractivity contribution is 5.99. The summed E-state index contributed by atoms with van der Waals surface area (Å²) in [5.74, 6) is 0.752. The molecule has 3 aromatic rings. The maximum Gasteiger partial charge on any atom is 0.416 e. The van der Waals surface area contributed by atoms with Crippen molar-refractivity contribution < 1.29 is 22.7 Å². The monoisotopic (exact) mass is 401 g/mol. The number of ether oxygens (including phenoxy) is 1. The Labute approximate surface area is 165 Å². The first kappa shape index (κ1) is 20.1. The van der Waals surface area contributed by atoms with Crippen molar-refractivity contribution in [2.75, 3.05) is 23.1 Å². The summed E-state index contributed by atoms with van der Waals surface area (Å²) in [6.45, 7) is 0. The highest BCUT2D eigenvalue weighted by Crippen LogP contribution is 2.30. The van der Waals surface area contributed by atoms with E-state index in [9.17, 15) is 18.0 Å². The van der Waals surface area contributed by atoms with Crippen LogP contribution < -0.4 is 20.7 Å². The molecule has 0 aliphatic rings. The molecule has 0 saturated heterocycles. The van der Waals surface area contributed by atoms with Gasteiger partial charge in [0, 0.05) is 22.7 Å². The number of methoxy groups -OCH3 is 1. The number of benzene rings is 3. The number of amides is 2. The Hall–Kier alpha value is -3.68. The van der Waals surface area contributed by atoms with Gasteiger partial charge in [-0.05, 0) is 66.7 Å². The lowest BCUT2D eigenvalue weighted by Gasteiger charge is -2.11. The third-order valence-corrected chi connectivity index (χ3v) is 3.97. The van der Waals surface area contributed by atoms with Crippen LogP contribution in [0, 0.1) is 0 Å². The van der Waals surface area contributed by atoms with Crippen LogP contribution in [0.25, 0.3) is 0 Å². The van der Waals surface area contributed by atoms with E-state index in [1.165, 1.54) is 12.1 Å². The second kappa shape index (κ2) is 8.55. The van der Waals surface area contributed by atoms with E-state index in [1.807, 2.05) is 24.3 Å². The number of anilines is 4. The molecule has 0 spiro atoms. The zero-order valence-corrected chi connectivity index (χ0v) is 15.4. The smallest absolute Gasteiger partial charge is 0.416 e. The molecule has 3 N–H and O–H groups in total. The zero-order chi connectivity index (χ0) is 20.9. The van der Waals surface area contributed by atoms with Gasteiger partial charge in [-0.25, -0.2) is 4.79 Å². The maximum absolute atomic E-state index is 12.7. The molecule has 0 bridgehead atoms. The van der Waals surface area contributed by atoms with Crippen molar-refractivity contribution in [3.8, 4) is 5.75 Å². The van der Waals surface area contributed by atoms with Gasteiger partial charge < -0.3 is 20.7 Å². The molecular weight excluding hydrogens is 383 g/mol. The third kappa shape index (κ3) is 5.65. The van der Waals surface area contributed by atoms with Crippen LogP contribution in [0.1, 0.15) is 5.56 Å². The summed E-state index contributed by atoms with van der Waals surface area (Å²) in [7, 11) is 1.59. The molecule has 0 atom stereocenters. The second-order valence-corrected chi connectivity index (χ2v) is 6.09. The van der Waals surface area contributed by atoms with Crippen molar-refractivity contribution in [1.29, 1.82) is 0 Å². The highest BCUT2D eigenvalue weighted by atomic mass is 19.4. The standard InChI is InChI=1S/C21H18F3N3O2/c1-29-19-11-9-16(10-12-19)25-15-5-7-17(8-6-15)26-20(28)27-18-4-2-3-14(13-18)21(22,23)24/h2-13,25H,1H3,(H2,26,27,28). The van der Waals surface area contributed by atoms with Crippen molar-refractivity contribution >= 4 is 28.8 Å². The SMILES string of the molecule is COc1ccc(Nc2ccc(NC(=O)Nc3cccc(C(F)(F)F)c3)cc2)cc1. The van der Waals surface area contributed by atoms with Crippen LogP contribution in [0.5, 0.6) is 5.75 Å². The molecule has 0 heterocycles.